The second-order valence-corrected chi connectivity index (χ2v) is 11.1. The highest BCUT2D eigenvalue weighted by atomic mass is 35.5. The van der Waals surface area contributed by atoms with Crippen LogP contribution in [0.5, 0.6) is 0 Å². The van der Waals surface area contributed by atoms with Gasteiger partial charge in [-0.2, -0.15) is 0 Å². The number of rotatable bonds is 6. The van der Waals surface area contributed by atoms with Crippen LogP contribution < -0.4 is 4.90 Å². The number of thiazole rings is 1. The molecule has 0 radical (unpaired) electrons. The summed E-state index contributed by atoms with van der Waals surface area (Å²) in [7, 11) is -3.57. The molecule has 6 nitrogen and oxygen atoms in total. The van der Waals surface area contributed by atoms with Crippen LogP contribution in [0.1, 0.15) is 35.7 Å². The predicted octanol–water partition coefficient (Wildman–Crippen LogP) is 4.88. The minimum absolute atomic E-state index is 0.0418. The predicted molar refractivity (Wildman–Crippen MR) is 124 cm³/mol. The van der Waals surface area contributed by atoms with Crippen LogP contribution in [0.3, 0.4) is 0 Å². The van der Waals surface area contributed by atoms with Crippen molar-refractivity contribution in [1.29, 1.82) is 0 Å². The second-order valence-electron chi connectivity index (χ2n) is 7.47. The molecule has 1 atom stereocenters. The molecule has 1 amide bonds. The van der Waals surface area contributed by atoms with Crippen LogP contribution >= 0.6 is 22.9 Å². The summed E-state index contributed by atoms with van der Waals surface area (Å²) < 4.78 is 31.9. The fraction of sp³-hybridized carbons (Fsp3) is 0.364. The molecule has 2 heterocycles. The largest absolute Gasteiger partial charge is 0.376 e. The molecule has 4 rings (SSSR count). The SMILES string of the molecule is CCS(=O)(=O)c1ccccc1C(=O)N(CC1CCCO1)c1nc2c(C)c(Cl)ccc2s1. The third-order valence-corrected chi connectivity index (χ3v) is 8.69. The molecule has 1 aromatic heterocycles. The highest BCUT2D eigenvalue weighted by molar-refractivity contribution is 7.91. The molecule has 1 saturated heterocycles. The molecule has 1 unspecified atom stereocenters. The monoisotopic (exact) mass is 478 g/mol. The number of fused-ring (bicyclic) bond motifs is 1. The fourth-order valence-electron chi connectivity index (χ4n) is 3.66. The van der Waals surface area contributed by atoms with Gasteiger partial charge in [0, 0.05) is 11.6 Å². The van der Waals surface area contributed by atoms with E-state index in [-0.39, 0.29) is 22.3 Å². The Morgan fingerprint density at radius 2 is 2.06 bits per heavy atom. The van der Waals surface area contributed by atoms with Crippen molar-refractivity contribution in [2.45, 2.75) is 37.7 Å². The lowest BCUT2D eigenvalue weighted by molar-refractivity contribution is 0.0915. The van der Waals surface area contributed by atoms with Gasteiger partial charge >= 0.3 is 0 Å². The number of anilines is 1. The summed E-state index contributed by atoms with van der Waals surface area (Å²) in [6, 6.07) is 10.1. The zero-order chi connectivity index (χ0) is 22.2. The van der Waals surface area contributed by atoms with Gasteiger partial charge in [0.1, 0.15) is 0 Å². The number of nitrogens with zero attached hydrogens (tertiary/aromatic N) is 2. The zero-order valence-corrected chi connectivity index (χ0v) is 19.7. The average molecular weight is 479 g/mol. The number of hydrogen-bond donors (Lipinski definition) is 0. The van der Waals surface area contributed by atoms with E-state index in [0.29, 0.717) is 23.3 Å². The maximum atomic E-state index is 13.7. The summed E-state index contributed by atoms with van der Waals surface area (Å²) in [5.74, 6) is -0.479. The Balaban J connectivity index is 1.81. The Morgan fingerprint density at radius 3 is 2.77 bits per heavy atom. The summed E-state index contributed by atoms with van der Waals surface area (Å²) >= 11 is 7.64. The third-order valence-electron chi connectivity index (χ3n) is 5.46. The molecular formula is C22H23ClN2O4S2. The van der Waals surface area contributed by atoms with Gasteiger partial charge in [0.2, 0.25) is 0 Å². The summed E-state index contributed by atoms with van der Waals surface area (Å²) in [6.45, 7) is 4.43. The number of amides is 1. The number of aromatic nitrogens is 1. The molecule has 0 N–H and O–H groups in total. The quantitative estimate of drug-likeness (QED) is 0.504. The smallest absolute Gasteiger partial charge is 0.261 e. The molecule has 9 heteroatoms. The molecule has 3 aromatic rings. The topological polar surface area (TPSA) is 76.6 Å². The van der Waals surface area contributed by atoms with Gasteiger partial charge in [-0.1, -0.05) is 42.0 Å². The number of aryl methyl sites for hydroxylation is 1. The Morgan fingerprint density at radius 1 is 1.29 bits per heavy atom. The van der Waals surface area contributed by atoms with E-state index >= 15 is 0 Å². The normalized spacial score (nSPS) is 16.7. The lowest BCUT2D eigenvalue weighted by Gasteiger charge is -2.24. The van der Waals surface area contributed by atoms with E-state index in [1.54, 1.807) is 30.0 Å². The van der Waals surface area contributed by atoms with Crippen LogP contribution in [0.15, 0.2) is 41.3 Å². The minimum Gasteiger partial charge on any atom is -0.376 e. The van der Waals surface area contributed by atoms with Crippen LogP contribution in [-0.2, 0) is 14.6 Å². The van der Waals surface area contributed by atoms with Crippen molar-refractivity contribution in [1.82, 2.24) is 4.98 Å². The van der Waals surface area contributed by atoms with Crippen molar-refractivity contribution in [2.75, 3.05) is 23.8 Å². The molecule has 0 bridgehead atoms. The number of carbonyl (C=O) groups is 1. The maximum absolute atomic E-state index is 13.7. The first kappa shape index (κ1) is 22.2. The Labute approximate surface area is 190 Å². The first-order chi connectivity index (χ1) is 14.8. The van der Waals surface area contributed by atoms with E-state index in [0.717, 1.165) is 28.6 Å². The van der Waals surface area contributed by atoms with E-state index in [9.17, 15) is 13.2 Å². The molecule has 1 aliphatic rings. The van der Waals surface area contributed by atoms with Gasteiger partial charge in [0.05, 0.1) is 39.1 Å². The summed E-state index contributed by atoms with van der Waals surface area (Å²) in [6.07, 6.45) is 1.66. The van der Waals surface area contributed by atoms with Crippen molar-refractivity contribution in [2.24, 2.45) is 0 Å². The molecule has 0 spiro atoms. The van der Waals surface area contributed by atoms with Gasteiger partial charge in [-0.15, -0.1) is 0 Å². The van der Waals surface area contributed by atoms with Crippen LogP contribution in [0, 0.1) is 6.92 Å². The molecule has 2 aromatic carbocycles. The lowest BCUT2D eigenvalue weighted by Crippen LogP contribution is -2.38. The number of hydrogen-bond acceptors (Lipinski definition) is 6. The standard InChI is InChI=1S/C22H23ClN2O4S2/c1-3-31(27,28)19-9-5-4-8-16(19)21(26)25(13-15-7-6-12-29-15)22-24-20-14(2)17(23)10-11-18(20)30-22/h4-5,8-11,15H,3,6-7,12-13H2,1-2H3. The van der Waals surface area contributed by atoms with Crippen molar-refractivity contribution < 1.29 is 17.9 Å². The lowest BCUT2D eigenvalue weighted by atomic mass is 10.1. The number of ether oxygens (including phenoxy) is 1. The van der Waals surface area contributed by atoms with Crippen molar-refractivity contribution >= 4 is 54.0 Å². The summed E-state index contributed by atoms with van der Waals surface area (Å²) in [5.41, 5.74) is 1.74. The van der Waals surface area contributed by atoms with Gasteiger partial charge in [0.15, 0.2) is 15.0 Å². The molecule has 1 fully saturated rings. The highest BCUT2D eigenvalue weighted by Crippen LogP contribution is 2.35. The van der Waals surface area contributed by atoms with Gasteiger partial charge < -0.3 is 4.74 Å². The van der Waals surface area contributed by atoms with Crippen molar-refractivity contribution in [3.05, 3.63) is 52.5 Å². The minimum atomic E-state index is -3.57. The summed E-state index contributed by atoms with van der Waals surface area (Å²) in [4.78, 5) is 20.0. The molecule has 164 valence electrons. The number of halogens is 1. The van der Waals surface area contributed by atoms with Gasteiger partial charge in [-0.25, -0.2) is 13.4 Å². The van der Waals surface area contributed by atoms with Crippen LogP contribution in [0.4, 0.5) is 5.13 Å². The van der Waals surface area contributed by atoms with E-state index in [1.807, 2.05) is 19.1 Å². The van der Waals surface area contributed by atoms with Crippen molar-refractivity contribution in [3.63, 3.8) is 0 Å². The Kier molecular flexibility index (Phi) is 6.35. The van der Waals surface area contributed by atoms with Crippen LogP contribution in [0.2, 0.25) is 5.02 Å². The average Bonchev–Trinajstić information content (AvgIpc) is 3.44. The number of benzene rings is 2. The van der Waals surface area contributed by atoms with Gasteiger partial charge in [-0.05, 0) is 49.6 Å². The van der Waals surface area contributed by atoms with E-state index in [4.69, 9.17) is 21.3 Å². The molecule has 0 saturated carbocycles. The zero-order valence-electron chi connectivity index (χ0n) is 17.3. The molecule has 31 heavy (non-hydrogen) atoms. The third kappa shape index (κ3) is 4.35. The molecular weight excluding hydrogens is 456 g/mol. The van der Waals surface area contributed by atoms with Gasteiger partial charge in [-0.3, -0.25) is 9.69 Å². The van der Waals surface area contributed by atoms with E-state index < -0.39 is 15.7 Å². The molecule has 1 aliphatic heterocycles. The Bertz CT molecular complexity index is 1230. The summed E-state index contributed by atoms with van der Waals surface area (Å²) in [5, 5.41) is 1.12. The van der Waals surface area contributed by atoms with Crippen LogP contribution in [0.25, 0.3) is 10.2 Å². The van der Waals surface area contributed by atoms with Crippen molar-refractivity contribution in [3.8, 4) is 0 Å². The number of carbonyl (C=O) groups excluding carboxylic acids is 1. The maximum Gasteiger partial charge on any atom is 0.261 e. The molecule has 0 aliphatic carbocycles. The second kappa shape index (κ2) is 8.86. The van der Waals surface area contributed by atoms with Crippen LogP contribution in [-0.4, -0.2) is 44.3 Å². The fourth-order valence-corrected chi connectivity index (χ4v) is 5.93. The number of sulfone groups is 1. The highest BCUT2D eigenvalue weighted by Gasteiger charge is 2.30. The first-order valence-corrected chi connectivity index (χ1v) is 13.0. The van der Waals surface area contributed by atoms with Gasteiger partial charge in [0.25, 0.3) is 5.91 Å². The first-order valence-electron chi connectivity index (χ1n) is 10.1. The van der Waals surface area contributed by atoms with E-state index in [2.05, 4.69) is 0 Å². The Hall–Kier alpha value is -2.00. The van der Waals surface area contributed by atoms with E-state index in [1.165, 1.54) is 17.4 Å².